The fourth-order valence-electron chi connectivity index (χ4n) is 3.50. The van der Waals surface area contributed by atoms with Crippen LogP contribution in [0.1, 0.15) is 38.6 Å². The number of aromatic amines is 1. The Hall–Kier alpha value is -1.98. The van der Waals surface area contributed by atoms with Crippen LogP contribution in [0, 0.1) is 0 Å². The number of imidazole rings is 1. The van der Waals surface area contributed by atoms with E-state index in [1.807, 2.05) is 24.3 Å². The van der Waals surface area contributed by atoms with Crippen molar-refractivity contribution < 1.29 is 4.79 Å². The van der Waals surface area contributed by atoms with Crippen LogP contribution in [-0.2, 0) is 10.3 Å². The first kappa shape index (κ1) is 16.9. The third-order valence-electron chi connectivity index (χ3n) is 4.50. The van der Waals surface area contributed by atoms with E-state index in [4.69, 9.17) is 4.98 Å². The van der Waals surface area contributed by atoms with Gasteiger partial charge in [0.05, 0.1) is 16.6 Å². The molecule has 5 heteroatoms. The van der Waals surface area contributed by atoms with Crippen LogP contribution < -0.4 is 5.32 Å². The zero-order chi connectivity index (χ0) is 17.3. The molecule has 1 saturated heterocycles. The van der Waals surface area contributed by atoms with Crippen molar-refractivity contribution in [2.45, 2.75) is 38.8 Å². The van der Waals surface area contributed by atoms with Gasteiger partial charge in [0.2, 0.25) is 0 Å². The summed E-state index contributed by atoms with van der Waals surface area (Å²) in [7, 11) is 2.15. The predicted molar refractivity (Wildman–Crippen MR) is 97.9 cm³/mol. The van der Waals surface area contributed by atoms with Gasteiger partial charge in [-0.05, 0) is 58.0 Å². The van der Waals surface area contributed by atoms with Gasteiger partial charge in [-0.1, -0.05) is 12.1 Å². The first-order valence-electron chi connectivity index (χ1n) is 8.53. The van der Waals surface area contributed by atoms with Gasteiger partial charge in [0.15, 0.2) is 5.78 Å². The smallest absolute Gasteiger partial charge is 0.152 e. The summed E-state index contributed by atoms with van der Waals surface area (Å²) in [6, 6.07) is 6.45. The minimum atomic E-state index is -0.128. The van der Waals surface area contributed by atoms with Crippen molar-refractivity contribution in [1.82, 2.24) is 20.2 Å². The predicted octanol–water partition coefficient (Wildman–Crippen LogP) is 2.69. The average Bonchev–Trinajstić information content (AvgIpc) is 3.08. The lowest BCUT2D eigenvalue weighted by Crippen LogP contribution is -2.48. The van der Waals surface area contributed by atoms with Crippen molar-refractivity contribution >= 4 is 22.9 Å². The molecule has 2 aromatic rings. The topological polar surface area (TPSA) is 61.0 Å². The highest BCUT2D eigenvalue weighted by Gasteiger charge is 2.41. The molecule has 2 N–H and O–H groups in total. The minimum absolute atomic E-state index is 0.0480. The Labute approximate surface area is 143 Å². The van der Waals surface area contributed by atoms with Crippen LogP contribution in [0.4, 0.5) is 0 Å². The van der Waals surface area contributed by atoms with Crippen LogP contribution >= 0.6 is 0 Å². The Morgan fingerprint density at radius 2 is 2.25 bits per heavy atom. The van der Waals surface area contributed by atoms with Crippen molar-refractivity contribution in [3.05, 3.63) is 35.7 Å². The molecule has 128 valence electrons. The highest BCUT2D eigenvalue weighted by molar-refractivity contribution is 5.92. The Morgan fingerprint density at radius 1 is 1.46 bits per heavy atom. The largest absolute Gasteiger partial charge is 0.340 e. The molecule has 0 spiro atoms. The molecule has 0 aliphatic carbocycles. The lowest BCUT2D eigenvalue weighted by Gasteiger charge is -2.30. The van der Waals surface area contributed by atoms with Gasteiger partial charge in [-0.2, -0.15) is 0 Å². The summed E-state index contributed by atoms with van der Waals surface area (Å²) >= 11 is 0. The van der Waals surface area contributed by atoms with E-state index in [-0.39, 0.29) is 11.3 Å². The second-order valence-corrected chi connectivity index (χ2v) is 7.17. The second kappa shape index (κ2) is 6.49. The van der Waals surface area contributed by atoms with E-state index in [1.54, 1.807) is 13.0 Å². The second-order valence-electron chi connectivity index (χ2n) is 7.17. The van der Waals surface area contributed by atoms with E-state index >= 15 is 0 Å². The van der Waals surface area contributed by atoms with Crippen LogP contribution in [0.2, 0.25) is 0 Å². The maximum Gasteiger partial charge on any atom is 0.152 e. The normalized spacial score (nSPS) is 22.2. The molecule has 1 fully saturated rings. The number of likely N-dealkylation sites (N-methyl/N-ethyl adjacent to an activating group) is 1. The van der Waals surface area contributed by atoms with E-state index in [0.717, 1.165) is 41.9 Å². The van der Waals surface area contributed by atoms with Gasteiger partial charge >= 0.3 is 0 Å². The van der Waals surface area contributed by atoms with Crippen molar-refractivity contribution in [2.75, 3.05) is 20.1 Å². The Balaban J connectivity index is 1.98. The monoisotopic (exact) mass is 326 g/mol. The number of aromatic nitrogens is 2. The van der Waals surface area contributed by atoms with Gasteiger partial charge in [-0.3, -0.25) is 4.79 Å². The summed E-state index contributed by atoms with van der Waals surface area (Å²) in [5.41, 5.74) is 2.84. The van der Waals surface area contributed by atoms with Gasteiger partial charge in [0, 0.05) is 19.1 Å². The summed E-state index contributed by atoms with van der Waals surface area (Å²) < 4.78 is 0. The number of hydrogen-bond donors (Lipinski definition) is 2. The highest BCUT2D eigenvalue weighted by Crippen LogP contribution is 2.31. The van der Waals surface area contributed by atoms with E-state index in [0.29, 0.717) is 6.04 Å². The van der Waals surface area contributed by atoms with Crippen LogP contribution in [0.3, 0.4) is 0 Å². The average molecular weight is 326 g/mol. The maximum absolute atomic E-state index is 11.1. The number of rotatable bonds is 5. The summed E-state index contributed by atoms with van der Waals surface area (Å²) in [4.78, 5) is 21.8. The standard InChI is InChI=1S/C19H26N4O/c1-13(2)22-19(9-10-23(4)12-19)18-20-16-8-7-15(6-5-14(3)24)11-17(16)21-18/h5-8,11,13,22H,9-10,12H2,1-4H3,(H,20,21)/b6-5+/t19-/m0/s1. The summed E-state index contributed by atoms with van der Waals surface area (Å²) in [6.45, 7) is 7.91. The fourth-order valence-corrected chi connectivity index (χ4v) is 3.50. The number of carbonyl (C=O) groups is 1. The minimum Gasteiger partial charge on any atom is -0.340 e. The number of nitrogens with zero attached hydrogens (tertiary/aromatic N) is 2. The van der Waals surface area contributed by atoms with Gasteiger partial charge in [-0.15, -0.1) is 0 Å². The van der Waals surface area contributed by atoms with Gasteiger partial charge in [0.25, 0.3) is 0 Å². The van der Waals surface area contributed by atoms with Crippen molar-refractivity contribution in [2.24, 2.45) is 0 Å². The quantitative estimate of drug-likeness (QED) is 0.830. The molecule has 24 heavy (non-hydrogen) atoms. The number of H-pyrrole nitrogens is 1. The van der Waals surface area contributed by atoms with E-state index in [2.05, 4.69) is 36.1 Å². The Morgan fingerprint density at radius 3 is 2.88 bits per heavy atom. The lowest BCUT2D eigenvalue weighted by molar-refractivity contribution is -0.112. The molecule has 0 unspecified atom stereocenters. The molecule has 1 aromatic heterocycles. The molecule has 0 saturated carbocycles. The van der Waals surface area contributed by atoms with Crippen LogP contribution in [0.25, 0.3) is 17.1 Å². The Bertz CT molecular complexity index is 777. The van der Waals surface area contributed by atoms with E-state index < -0.39 is 0 Å². The molecule has 2 heterocycles. The fraction of sp³-hybridized carbons (Fsp3) is 0.474. The molecule has 0 radical (unpaired) electrons. The summed E-state index contributed by atoms with van der Waals surface area (Å²) in [6.07, 6.45) is 4.46. The first-order chi connectivity index (χ1) is 11.4. The molecular weight excluding hydrogens is 300 g/mol. The number of likely N-dealkylation sites (tertiary alicyclic amines) is 1. The molecule has 3 rings (SSSR count). The number of fused-ring (bicyclic) bond motifs is 1. The van der Waals surface area contributed by atoms with Crippen LogP contribution in [0.5, 0.6) is 0 Å². The molecule has 1 aromatic carbocycles. The highest BCUT2D eigenvalue weighted by atomic mass is 16.1. The Kier molecular flexibility index (Phi) is 4.56. The van der Waals surface area contributed by atoms with Crippen LogP contribution in [0.15, 0.2) is 24.3 Å². The maximum atomic E-state index is 11.1. The zero-order valence-electron chi connectivity index (χ0n) is 14.9. The molecule has 0 amide bonds. The van der Waals surface area contributed by atoms with Gasteiger partial charge < -0.3 is 15.2 Å². The number of benzene rings is 1. The SMILES string of the molecule is CC(=O)/C=C/c1ccc2[nH]c([C@]3(NC(C)C)CCN(C)C3)nc2c1. The molecule has 5 nitrogen and oxygen atoms in total. The number of nitrogens with one attached hydrogen (secondary N) is 2. The molecular formula is C19H26N4O. The molecule has 0 bridgehead atoms. The number of carbonyl (C=O) groups excluding carboxylic acids is 1. The first-order valence-corrected chi connectivity index (χ1v) is 8.53. The third-order valence-corrected chi connectivity index (χ3v) is 4.50. The number of allylic oxidation sites excluding steroid dienone is 1. The lowest BCUT2D eigenvalue weighted by atomic mass is 9.96. The summed E-state index contributed by atoms with van der Waals surface area (Å²) in [5, 5.41) is 3.72. The molecule has 1 aliphatic rings. The number of ketones is 1. The van der Waals surface area contributed by atoms with Crippen molar-refractivity contribution in [1.29, 1.82) is 0 Å². The molecule has 1 aliphatic heterocycles. The number of hydrogen-bond acceptors (Lipinski definition) is 4. The van der Waals surface area contributed by atoms with Gasteiger partial charge in [-0.25, -0.2) is 4.98 Å². The van der Waals surface area contributed by atoms with Crippen molar-refractivity contribution in [3.8, 4) is 0 Å². The summed E-state index contributed by atoms with van der Waals surface area (Å²) in [5.74, 6) is 1.05. The van der Waals surface area contributed by atoms with E-state index in [1.165, 1.54) is 0 Å². The zero-order valence-corrected chi connectivity index (χ0v) is 14.9. The molecule has 1 atom stereocenters. The van der Waals surface area contributed by atoms with Crippen LogP contribution in [-0.4, -0.2) is 46.8 Å². The van der Waals surface area contributed by atoms with E-state index in [9.17, 15) is 4.79 Å². The third kappa shape index (κ3) is 3.42. The van der Waals surface area contributed by atoms with Gasteiger partial charge in [0.1, 0.15) is 5.82 Å². The van der Waals surface area contributed by atoms with Crippen molar-refractivity contribution in [3.63, 3.8) is 0 Å².